The molecule has 0 amide bonds. The molecule has 0 spiro atoms. The van der Waals surface area contributed by atoms with Crippen LogP contribution in [-0.2, 0) is 23.8 Å². The second kappa shape index (κ2) is 4.78. The van der Waals surface area contributed by atoms with Gasteiger partial charge in [0.05, 0.1) is 20.8 Å². The van der Waals surface area contributed by atoms with Crippen LogP contribution in [0.1, 0.15) is 0 Å². The lowest BCUT2D eigenvalue weighted by Gasteiger charge is -2.23. The van der Waals surface area contributed by atoms with Crippen LogP contribution in [0.4, 0.5) is 0 Å². The zero-order valence-corrected chi connectivity index (χ0v) is 7.70. The molecule has 0 radical (unpaired) electrons. The van der Waals surface area contributed by atoms with Crippen molar-refractivity contribution < 1.29 is 28.9 Å². The van der Waals surface area contributed by atoms with Crippen molar-refractivity contribution in [3.8, 4) is 0 Å². The van der Waals surface area contributed by atoms with E-state index in [-0.39, 0.29) is 0 Å². The Balaban J connectivity index is 4.90. The first-order valence-corrected chi connectivity index (χ1v) is 3.42. The maximum atomic E-state index is 11.1. The number of carbonyl (C=O) groups excluding carboxylic acids is 2. The third-order valence-electron chi connectivity index (χ3n) is 1.60. The Morgan fingerprint density at radius 1 is 1.15 bits per heavy atom. The van der Waals surface area contributed by atoms with E-state index in [2.05, 4.69) is 14.2 Å². The summed E-state index contributed by atoms with van der Waals surface area (Å²) in [6.07, 6.45) is 0. The molecule has 13 heavy (non-hydrogen) atoms. The molecule has 0 heterocycles. The topological polar surface area (TPSA) is 82.1 Å². The third kappa shape index (κ3) is 1.96. The van der Waals surface area contributed by atoms with Gasteiger partial charge < -0.3 is 19.3 Å². The summed E-state index contributed by atoms with van der Waals surface area (Å²) >= 11 is 0. The molecule has 0 saturated heterocycles. The van der Waals surface area contributed by atoms with Crippen LogP contribution in [0.5, 0.6) is 0 Å². The summed E-state index contributed by atoms with van der Waals surface area (Å²) in [5.74, 6) is -1.99. The van der Waals surface area contributed by atoms with Gasteiger partial charge in [0.25, 0.3) is 5.60 Å². The van der Waals surface area contributed by atoms with E-state index in [9.17, 15) is 9.59 Å². The van der Waals surface area contributed by atoms with E-state index >= 15 is 0 Å². The van der Waals surface area contributed by atoms with Gasteiger partial charge in [-0.2, -0.15) is 0 Å². The summed E-state index contributed by atoms with van der Waals surface area (Å²) in [5.41, 5.74) is -2.07. The molecule has 6 nitrogen and oxygen atoms in total. The highest BCUT2D eigenvalue weighted by Crippen LogP contribution is 2.13. The van der Waals surface area contributed by atoms with Gasteiger partial charge in [-0.05, 0) is 0 Å². The number of hydrogen-bond acceptors (Lipinski definition) is 6. The van der Waals surface area contributed by atoms with Crippen LogP contribution in [-0.4, -0.2) is 50.6 Å². The summed E-state index contributed by atoms with van der Waals surface area (Å²) in [6, 6.07) is 0. The number of hydrogen-bond donors (Lipinski definition) is 1. The van der Waals surface area contributed by atoms with Gasteiger partial charge in [-0.15, -0.1) is 0 Å². The molecule has 0 aliphatic rings. The molecule has 0 atom stereocenters. The van der Waals surface area contributed by atoms with E-state index in [0.29, 0.717) is 0 Å². The van der Waals surface area contributed by atoms with Gasteiger partial charge in [0.1, 0.15) is 0 Å². The van der Waals surface area contributed by atoms with Gasteiger partial charge in [0.2, 0.25) is 0 Å². The molecule has 0 aliphatic carbocycles. The molecule has 1 N–H and O–H groups in total. The molecule has 76 valence electrons. The van der Waals surface area contributed by atoms with E-state index in [0.717, 1.165) is 21.3 Å². The molecule has 0 aromatic rings. The zero-order chi connectivity index (χ0) is 10.5. The van der Waals surface area contributed by atoms with E-state index in [1.54, 1.807) is 0 Å². The Labute approximate surface area is 75.4 Å². The third-order valence-corrected chi connectivity index (χ3v) is 1.60. The van der Waals surface area contributed by atoms with Crippen LogP contribution in [0.15, 0.2) is 0 Å². The van der Waals surface area contributed by atoms with Crippen molar-refractivity contribution >= 4 is 11.9 Å². The van der Waals surface area contributed by atoms with Crippen LogP contribution >= 0.6 is 0 Å². The SMILES string of the molecule is COC(=O)C(CO)(OC)C(=O)OC. The van der Waals surface area contributed by atoms with Crippen molar-refractivity contribution in [3.63, 3.8) is 0 Å². The van der Waals surface area contributed by atoms with Crippen LogP contribution < -0.4 is 0 Å². The Kier molecular flexibility index (Phi) is 4.36. The van der Waals surface area contributed by atoms with Gasteiger partial charge >= 0.3 is 11.9 Å². The average molecular weight is 192 g/mol. The van der Waals surface area contributed by atoms with Crippen molar-refractivity contribution in [2.24, 2.45) is 0 Å². The molecule has 0 rings (SSSR count). The van der Waals surface area contributed by atoms with Crippen LogP contribution in [0.2, 0.25) is 0 Å². The number of methoxy groups -OCH3 is 3. The monoisotopic (exact) mass is 192 g/mol. The minimum atomic E-state index is -2.07. The number of aliphatic hydroxyl groups is 1. The summed E-state index contributed by atoms with van der Waals surface area (Å²) in [5, 5.41) is 8.85. The fraction of sp³-hybridized carbons (Fsp3) is 0.714. The quantitative estimate of drug-likeness (QED) is 0.441. The first kappa shape index (κ1) is 11.9. The molecule has 0 aromatic carbocycles. The largest absolute Gasteiger partial charge is 0.466 e. The lowest BCUT2D eigenvalue weighted by Crippen LogP contribution is -2.53. The predicted octanol–water partition coefficient (Wildman–Crippen LogP) is -1.29. The van der Waals surface area contributed by atoms with E-state index in [4.69, 9.17) is 5.11 Å². The molecule has 0 bridgehead atoms. The fourth-order valence-electron chi connectivity index (χ4n) is 0.773. The highest BCUT2D eigenvalue weighted by atomic mass is 16.6. The van der Waals surface area contributed by atoms with E-state index in [1.165, 1.54) is 0 Å². The molecular weight excluding hydrogens is 180 g/mol. The number of ether oxygens (including phenoxy) is 3. The minimum absolute atomic E-state index is 0.831. The number of rotatable bonds is 4. The van der Waals surface area contributed by atoms with Crippen LogP contribution in [0, 0.1) is 0 Å². The molecule has 0 fully saturated rings. The highest BCUT2D eigenvalue weighted by Gasteiger charge is 2.48. The molecule has 6 heteroatoms. The lowest BCUT2D eigenvalue weighted by molar-refractivity contribution is -0.188. The van der Waals surface area contributed by atoms with E-state index in [1.807, 2.05) is 0 Å². The zero-order valence-electron chi connectivity index (χ0n) is 7.70. The predicted molar refractivity (Wildman–Crippen MR) is 40.9 cm³/mol. The Hall–Kier alpha value is -1.14. The Bertz CT molecular complexity index is 177. The minimum Gasteiger partial charge on any atom is -0.466 e. The van der Waals surface area contributed by atoms with Gasteiger partial charge in [0, 0.05) is 7.11 Å². The molecule has 0 saturated carbocycles. The molecule has 0 unspecified atom stereocenters. The summed E-state index contributed by atoms with van der Waals surface area (Å²) in [6.45, 7) is -0.831. The normalized spacial score (nSPS) is 10.8. The smallest absolute Gasteiger partial charge is 0.352 e. The van der Waals surface area contributed by atoms with E-state index < -0.39 is 24.1 Å². The number of aliphatic hydroxyl groups excluding tert-OH is 1. The van der Waals surface area contributed by atoms with Crippen molar-refractivity contribution in [3.05, 3.63) is 0 Å². The summed E-state index contributed by atoms with van der Waals surface area (Å²) in [7, 11) is 3.26. The van der Waals surface area contributed by atoms with Crippen molar-refractivity contribution in [1.29, 1.82) is 0 Å². The number of carbonyl (C=O) groups is 2. The molecule has 0 aromatic heterocycles. The second-order valence-corrected chi connectivity index (χ2v) is 2.17. The van der Waals surface area contributed by atoms with Crippen molar-refractivity contribution in [1.82, 2.24) is 0 Å². The van der Waals surface area contributed by atoms with Crippen molar-refractivity contribution in [2.45, 2.75) is 5.60 Å². The van der Waals surface area contributed by atoms with Gasteiger partial charge in [-0.25, -0.2) is 9.59 Å². The van der Waals surface area contributed by atoms with Crippen molar-refractivity contribution in [2.75, 3.05) is 27.9 Å². The molecule has 0 aliphatic heterocycles. The summed E-state index contributed by atoms with van der Waals surface area (Å²) < 4.78 is 13.2. The lowest BCUT2D eigenvalue weighted by atomic mass is 10.1. The maximum absolute atomic E-state index is 11.1. The highest BCUT2D eigenvalue weighted by molar-refractivity contribution is 6.03. The maximum Gasteiger partial charge on any atom is 0.352 e. The van der Waals surface area contributed by atoms with Crippen LogP contribution in [0.25, 0.3) is 0 Å². The van der Waals surface area contributed by atoms with Gasteiger partial charge in [0.15, 0.2) is 0 Å². The van der Waals surface area contributed by atoms with Gasteiger partial charge in [-0.3, -0.25) is 0 Å². The first-order chi connectivity index (χ1) is 6.08. The average Bonchev–Trinajstić information content (AvgIpc) is 2.19. The van der Waals surface area contributed by atoms with Gasteiger partial charge in [-0.1, -0.05) is 0 Å². The Morgan fingerprint density at radius 2 is 1.54 bits per heavy atom. The van der Waals surface area contributed by atoms with Crippen LogP contribution in [0.3, 0.4) is 0 Å². The number of esters is 2. The fourth-order valence-corrected chi connectivity index (χ4v) is 0.773. The Morgan fingerprint density at radius 3 is 1.69 bits per heavy atom. The second-order valence-electron chi connectivity index (χ2n) is 2.17. The first-order valence-electron chi connectivity index (χ1n) is 3.42. The molecular formula is C7H12O6. The summed E-state index contributed by atoms with van der Waals surface area (Å²) in [4.78, 5) is 22.2. The standard InChI is InChI=1S/C7H12O6/c1-11-5(9)7(4-8,13-3)6(10)12-2/h8H,4H2,1-3H3.